The third-order valence-corrected chi connectivity index (χ3v) is 6.13. The van der Waals surface area contributed by atoms with E-state index in [1.54, 1.807) is 0 Å². The van der Waals surface area contributed by atoms with Crippen LogP contribution in [-0.2, 0) is 0 Å². The first kappa shape index (κ1) is 17.3. The Labute approximate surface area is 133 Å². The Morgan fingerprint density at radius 1 is 1.19 bits per heavy atom. The van der Waals surface area contributed by atoms with Gasteiger partial charge in [-0.3, -0.25) is 4.90 Å². The lowest BCUT2D eigenvalue weighted by atomic mass is 9.77. The molecule has 0 aromatic rings. The van der Waals surface area contributed by atoms with Crippen LogP contribution >= 0.6 is 0 Å². The Hall–Kier alpha value is -0.0800. The summed E-state index contributed by atoms with van der Waals surface area (Å²) in [6, 6.07) is 0.745. The third-order valence-electron chi connectivity index (χ3n) is 6.13. The van der Waals surface area contributed by atoms with Gasteiger partial charge in [-0.1, -0.05) is 40.5 Å². The smallest absolute Gasteiger partial charge is 0.0278 e. The van der Waals surface area contributed by atoms with Gasteiger partial charge in [0.2, 0.25) is 0 Å². The summed E-state index contributed by atoms with van der Waals surface area (Å²) in [5.41, 5.74) is 0.941. The monoisotopic (exact) mass is 294 g/mol. The van der Waals surface area contributed by atoms with E-state index >= 15 is 0 Å². The molecule has 1 saturated carbocycles. The molecule has 0 radical (unpaired) electrons. The van der Waals surface area contributed by atoms with Crippen LogP contribution in [0, 0.1) is 11.3 Å². The molecule has 2 heteroatoms. The van der Waals surface area contributed by atoms with Crippen LogP contribution in [0.15, 0.2) is 0 Å². The minimum atomic E-state index is 0.323. The molecule has 1 saturated heterocycles. The standard InChI is InChI=1S/C19H38N2/c1-6-17-13-20-18(5,7-2)14-21(17)15-19(12-16(3)4)10-8-9-11-19/h16-17,20H,6-15H2,1-5H3. The van der Waals surface area contributed by atoms with Crippen molar-refractivity contribution >= 4 is 0 Å². The first-order valence-electron chi connectivity index (χ1n) is 9.41. The zero-order valence-corrected chi connectivity index (χ0v) is 15.2. The summed E-state index contributed by atoms with van der Waals surface area (Å²) in [6.07, 6.45) is 9.79. The number of hydrogen-bond donors (Lipinski definition) is 1. The van der Waals surface area contributed by atoms with Gasteiger partial charge in [-0.05, 0) is 50.4 Å². The number of nitrogens with zero attached hydrogens (tertiary/aromatic N) is 1. The molecule has 2 unspecified atom stereocenters. The lowest BCUT2D eigenvalue weighted by molar-refractivity contribution is 0.0329. The van der Waals surface area contributed by atoms with E-state index in [0.717, 1.165) is 12.0 Å². The van der Waals surface area contributed by atoms with Gasteiger partial charge < -0.3 is 5.32 Å². The van der Waals surface area contributed by atoms with Gasteiger partial charge in [0.25, 0.3) is 0 Å². The topological polar surface area (TPSA) is 15.3 Å². The van der Waals surface area contributed by atoms with Crippen LogP contribution in [-0.4, -0.2) is 36.1 Å². The summed E-state index contributed by atoms with van der Waals surface area (Å²) in [4.78, 5) is 2.85. The minimum absolute atomic E-state index is 0.323. The van der Waals surface area contributed by atoms with Gasteiger partial charge >= 0.3 is 0 Å². The average Bonchev–Trinajstić information content (AvgIpc) is 2.86. The van der Waals surface area contributed by atoms with E-state index in [2.05, 4.69) is 44.8 Å². The highest BCUT2D eigenvalue weighted by Crippen LogP contribution is 2.44. The van der Waals surface area contributed by atoms with Crippen LogP contribution in [0.2, 0.25) is 0 Å². The van der Waals surface area contributed by atoms with Gasteiger partial charge in [-0.2, -0.15) is 0 Å². The highest BCUT2D eigenvalue weighted by molar-refractivity contribution is 4.97. The molecule has 1 heterocycles. The van der Waals surface area contributed by atoms with E-state index in [1.807, 2.05) is 0 Å². The predicted octanol–water partition coefficient (Wildman–Crippen LogP) is 4.45. The molecule has 21 heavy (non-hydrogen) atoms. The number of nitrogens with one attached hydrogen (secondary N) is 1. The van der Waals surface area contributed by atoms with E-state index in [-0.39, 0.29) is 0 Å². The molecule has 2 aliphatic rings. The summed E-state index contributed by atoms with van der Waals surface area (Å²) in [5.74, 6) is 0.837. The van der Waals surface area contributed by atoms with Crippen molar-refractivity contribution in [1.29, 1.82) is 0 Å². The number of hydrogen-bond acceptors (Lipinski definition) is 2. The van der Waals surface area contributed by atoms with Crippen molar-refractivity contribution in [1.82, 2.24) is 10.2 Å². The van der Waals surface area contributed by atoms with Crippen LogP contribution < -0.4 is 5.32 Å². The molecular formula is C19H38N2. The second kappa shape index (κ2) is 7.00. The minimum Gasteiger partial charge on any atom is -0.309 e. The second-order valence-electron chi connectivity index (χ2n) is 8.57. The van der Waals surface area contributed by atoms with E-state index < -0.39 is 0 Å². The van der Waals surface area contributed by atoms with Gasteiger partial charge in [-0.15, -0.1) is 0 Å². The van der Waals surface area contributed by atoms with Crippen LogP contribution in [0.5, 0.6) is 0 Å². The van der Waals surface area contributed by atoms with Crippen molar-refractivity contribution in [3.05, 3.63) is 0 Å². The Bertz CT molecular complexity index is 320. The molecule has 0 aromatic carbocycles. The maximum atomic E-state index is 3.81. The molecule has 0 amide bonds. The molecule has 1 N–H and O–H groups in total. The highest BCUT2D eigenvalue weighted by Gasteiger charge is 2.41. The molecule has 124 valence electrons. The average molecular weight is 295 g/mol. The quantitative estimate of drug-likeness (QED) is 0.779. The fraction of sp³-hybridized carbons (Fsp3) is 1.00. The van der Waals surface area contributed by atoms with Gasteiger partial charge in [0.15, 0.2) is 0 Å². The summed E-state index contributed by atoms with van der Waals surface area (Å²) in [6.45, 7) is 15.7. The van der Waals surface area contributed by atoms with E-state index in [0.29, 0.717) is 11.0 Å². The maximum absolute atomic E-state index is 3.81. The summed E-state index contributed by atoms with van der Waals surface area (Å²) >= 11 is 0. The molecule has 2 rings (SSSR count). The molecule has 1 aliphatic heterocycles. The molecule has 2 nitrogen and oxygen atoms in total. The van der Waals surface area contributed by atoms with E-state index in [9.17, 15) is 0 Å². The van der Waals surface area contributed by atoms with Crippen LogP contribution in [0.4, 0.5) is 0 Å². The molecular weight excluding hydrogens is 256 g/mol. The fourth-order valence-corrected chi connectivity index (χ4v) is 4.80. The molecule has 0 aromatic heterocycles. The molecule has 2 fully saturated rings. The van der Waals surface area contributed by atoms with Crippen molar-refractivity contribution in [3.8, 4) is 0 Å². The summed E-state index contributed by atoms with van der Waals surface area (Å²) < 4.78 is 0. The Balaban J connectivity index is 2.08. The Morgan fingerprint density at radius 2 is 1.86 bits per heavy atom. The summed E-state index contributed by atoms with van der Waals surface area (Å²) in [5, 5.41) is 3.81. The summed E-state index contributed by atoms with van der Waals surface area (Å²) in [7, 11) is 0. The van der Waals surface area contributed by atoms with Crippen LogP contribution in [0.25, 0.3) is 0 Å². The van der Waals surface area contributed by atoms with E-state index in [1.165, 1.54) is 64.6 Å². The molecule has 2 atom stereocenters. The molecule has 0 bridgehead atoms. The van der Waals surface area contributed by atoms with Gasteiger partial charge in [0.1, 0.15) is 0 Å². The SMILES string of the molecule is CCC1CNC(C)(CC)CN1CC1(CC(C)C)CCCC1. The number of piperazine rings is 1. The first-order valence-corrected chi connectivity index (χ1v) is 9.41. The van der Waals surface area contributed by atoms with E-state index in [4.69, 9.17) is 0 Å². The largest absolute Gasteiger partial charge is 0.309 e. The zero-order chi connectivity index (χ0) is 15.5. The van der Waals surface area contributed by atoms with Gasteiger partial charge in [0, 0.05) is 31.2 Å². The second-order valence-corrected chi connectivity index (χ2v) is 8.57. The normalized spacial score (nSPS) is 33.7. The predicted molar refractivity (Wildman–Crippen MR) is 92.7 cm³/mol. The number of rotatable bonds is 6. The van der Waals surface area contributed by atoms with Crippen LogP contribution in [0.1, 0.15) is 79.6 Å². The fourth-order valence-electron chi connectivity index (χ4n) is 4.80. The van der Waals surface area contributed by atoms with Gasteiger partial charge in [0.05, 0.1) is 0 Å². The lowest BCUT2D eigenvalue weighted by Crippen LogP contribution is -2.63. The molecule has 1 aliphatic carbocycles. The van der Waals surface area contributed by atoms with Crippen molar-refractivity contribution in [2.75, 3.05) is 19.6 Å². The third kappa shape index (κ3) is 4.22. The van der Waals surface area contributed by atoms with Gasteiger partial charge in [-0.25, -0.2) is 0 Å². The lowest BCUT2D eigenvalue weighted by Gasteiger charge is -2.49. The first-order chi connectivity index (χ1) is 9.92. The molecule has 0 spiro atoms. The van der Waals surface area contributed by atoms with Crippen molar-refractivity contribution < 1.29 is 0 Å². The zero-order valence-electron chi connectivity index (χ0n) is 15.2. The van der Waals surface area contributed by atoms with Crippen molar-refractivity contribution in [3.63, 3.8) is 0 Å². The maximum Gasteiger partial charge on any atom is 0.0278 e. The van der Waals surface area contributed by atoms with Crippen molar-refractivity contribution in [2.45, 2.75) is 91.1 Å². The Morgan fingerprint density at radius 3 is 2.38 bits per heavy atom. The Kier molecular flexibility index (Phi) is 5.76. The van der Waals surface area contributed by atoms with Crippen molar-refractivity contribution in [2.24, 2.45) is 11.3 Å². The highest BCUT2D eigenvalue weighted by atomic mass is 15.3. The van der Waals surface area contributed by atoms with Crippen LogP contribution in [0.3, 0.4) is 0 Å².